The van der Waals surface area contributed by atoms with E-state index >= 15 is 0 Å². The monoisotopic (exact) mass is 482 g/mol. The topological polar surface area (TPSA) is 131 Å². The molecule has 0 saturated heterocycles. The fourth-order valence-corrected chi connectivity index (χ4v) is 4.21. The molecular formula is C26H30N2O7. The number of esters is 1. The molecule has 35 heavy (non-hydrogen) atoms. The quantitative estimate of drug-likeness (QED) is 0.419. The molecule has 0 spiro atoms. The van der Waals surface area contributed by atoms with E-state index in [0.29, 0.717) is 6.42 Å². The standard InChI is InChI=1S/C26H30N2O7/c1-3-16(12-13-23(29)28-22(25(31)32)14-24(30)34-2)27-26(33)35-15-21-19-10-6-4-8-17(19)18-9-5-7-11-20(18)21/h4-11,16,21-22H,3,12-15H2,1-2H3,(H,27,33)(H,28,29)(H,31,32)/t16?,22-/m0/s1. The summed E-state index contributed by atoms with van der Waals surface area (Å²) >= 11 is 0. The molecule has 2 atom stereocenters. The fourth-order valence-electron chi connectivity index (χ4n) is 4.21. The van der Waals surface area contributed by atoms with Gasteiger partial charge in [-0.25, -0.2) is 9.59 Å². The molecule has 0 saturated carbocycles. The average molecular weight is 483 g/mol. The summed E-state index contributed by atoms with van der Waals surface area (Å²) in [4.78, 5) is 47.3. The van der Waals surface area contributed by atoms with Crippen LogP contribution in [0.1, 0.15) is 49.7 Å². The molecule has 2 aromatic carbocycles. The minimum Gasteiger partial charge on any atom is -0.480 e. The number of hydrogen-bond donors (Lipinski definition) is 3. The van der Waals surface area contributed by atoms with Crippen molar-refractivity contribution in [2.24, 2.45) is 0 Å². The molecule has 0 heterocycles. The van der Waals surface area contributed by atoms with E-state index in [1.807, 2.05) is 43.3 Å². The van der Waals surface area contributed by atoms with Gasteiger partial charge in [-0.3, -0.25) is 9.59 Å². The average Bonchev–Trinajstić information content (AvgIpc) is 3.18. The zero-order chi connectivity index (χ0) is 25.4. The van der Waals surface area contributed by atoms with Gasteiger partial charge in [0.05, 0.1) is 13.5 Å². The lowest BCUT2D eigenvalue weighted by molar-refractivity contribution is -0.148. The molecular weight excluding hydrogens is 452 g/mol. The lowest BCUT2D eigenvalue weighted by Gasteiger charge is -2.19. The first-order chi connectivity index (χ1) is 16.8. The molecule has 2 amide bonds. The second kappa shape index (κ2) is 12.0. The number of carbonyl (C=O) groups is 4. The molecule has 0 fully saturated rings. The van der Waals surface area contributed by atoms with Gasteiger partial charge in [-0.2, -0.15) is 0 Å². The van der Waals surface area contributed by atoms with Gasteiger partial charge in [-0.1, -0.05) is 55.5 Å². The third-order valence-electron chi connectivity index (χ3n) is 6.11. The van der Waals surface area contributed by atoms with Crippen molar-refractivity contribution in [3.05, 3.63) is 59.7 Å². The highest BCUT2D eigenvalue weighted by Gasteiger charge is 2.29. The number of fused-ring (bicyclic) bond motifs is 3. The van der Waals surface area contributed by atoms with Gasteiger partial charge >= 0.3 is 18.0 Å². The number of amides is 2. The highest BCUT2D eigenvalue weighted by Crippen LogP contribution is 2.44. The van der Waals surface area contributed by atoms with Gasteiger partial charge < -0.3 is 25.2 Å². The Balaban J connectivity index is 1.50. The van der Waals surface area contributed by atoms with Crippen molar-refractivity contribution >= 4 is 23.9 Å². The smallest absolute Gasteiger partial charge is 0.407 e. The second-order valence-electron chi connectivity index (χ2n) is 8.35. The Morgan fingerprint density at radius 1 is 0.971 bits per heavy atom. The number of carbonyl (C=O) groups excluding carboxylic acids is 3. The summed E-state index contributed by atoms with van der Waals surface area (Å²) in [5.74, 6) is -2.65. The highest BCUT2D eigenvalue weighted by atomic mass is 16.5. The van der Waals surface area contributed by atoms with Gasteiger partial charge in [0.15, 0.2) is 0 Å². The van der Waals surface area contributed by atoms with Gasteiger partial charge in [0.2, 0.25) is 5.91 Å². The first-order valence-electron chi connectivity index (χ1n) is 11.5. The normalized spacial score (nSPS) is 13.7. The zero-order valence-corrected chi connectivity index (χ0v) is 19.8. The summed E-state index contributed by atoms with van der Waals surface area (Å²) in [6, 6.07) is 14.4. The first kappa shape index (κ1) is 25.7. The SMILES string of the molecule is CCC(CCC(=O)N[C@@H](CC(=O)OC)C(=O)O)NC(=O)OCC1c2ccccc2-c2ccccc21. The number of rotatable bonds is 11. The van der Waals surface area contributed by atoms with Crippen LogP contribution < -0.4 is 10.6 Å². The molecule has 186 valence electrons. The number of carboxylic acid groups (broad SMARTS) is 1. The molecule has 0 radical (unpaired) electrons. The highest BCUT2D eigenvalue weighted by molar-refractivity contribution is 5.87. The molecule has 0 bridgehead atoms. The summed E-state index contributed by atoms with van der Waals surface area (Å²) in [5, 5.41) is 14.3. The molecule has 3 N–H and O–H groups in total. The number of nitrogens with one attached hydrogen (secondary N) is 2. The zero-order valence-electron chi connectivity index (χ0n) is 19.8. The molecule has 1 aliphatic carbocycles. The van der Waals surface area contributed by atoms with Crippen LogP contribution in [-0.2, 0) is 23.9 Å². The van der Waals surface area contributed by atoms with E-state index in [0.717, 1.165) is 29.4 Å². The van der Waals surface area contributed by atoms with Crippen LogP contribution in [0.25, 0.3) is 11.1 Å². The van der Waals surface area contributed by atoms with Crippen molar-refractivity contribution in [3.63, 3.8) is 0 Å². The molecule has 1 aliphatic rings. The van der Waals surface area contributed by atoms with Crippen molar-refractivity contribution in [1.82, 2.24) is 10.6 Å². The van der Waals surface area contributed by atoms with Crippen LogP contribution in [0, 0.1) is 0 Å². The Kier molecular flexibility index (Phi) is 8.83. The van der Waals surface area contributed by atoms with E-state index in [-0.39, 0.29) is 31.4 Å². The summed E-state index contributed by atoms with van der Waals surface area (Å²) in [6.07, 6.45) is -0.216. The summed E-state index contributed by atoms with van der Waals surface area (Å²) in [7, 11) is 1.14. The number of benzene rings is 2. The van der Waals surface area contributed by atoms with E-state index in [1.165, 1.54) is 0 Å². The van der Waals surface area contributed by atoms with Gasteiger partial charge in [0, 0.05) is 18.4 Å². The third-order valence-corrected chi connectivity index (χ3v) is 6.11. The Morgan fingerprint density at radius 2 is 1.57 bits per heavy atom. The Bertz CT molecular complexity index is 1040. The lowest BCUT2D eigenvalue weighted by Crippen LogP contribution is -2.43. The fraction of sp³-hybridized carbons (Fsp3) is 0.385. The molecule has 0 aromatic heterocycles. The Labute approximate surface area is 203 Å². The van der Waals surface area contributed by atoms with Crippen LogP contribution >= 0.6 is 0 Å². The van der Waals surface area contributed by atoms with Gasteiger partial charge in [0.25, 0.3) is 0 Å². The van der Waals surface area contributed by atoms with Crippen LogP contribution in [0.15, 0.2) is 48.5 Å². The maximum Gasteiger partial charge on any atom is 0.407 e. The van der Waals surface area contributed by atoms with Crippen molar-refractivity contribution in [1.29, 1.82) is 0 Å². The third kappa shape index (κ3) is 6.59. The van der Waals surface area contributed by atoms with Gasteiger partial charge in [-0.05, 0) is 35.1 Å². The Morgan fingerprint density at radius 3 is 2.11 bits per heavy atom. The molecule has 9 heteroatoms. The van der Waals surface area contributed by atoms with Crippen LogP contribution in [0.2, 0.25) is 0 Å². The molecule has 0 aliphatic heterocycles. The summed E-state index contributed by atoms with van der Waals surface area (Å²) in [5.41, 5.74) is 4.51. The predicted octanol–water partition coefficient (Wildman–Crippen LogP) is 3.22. The van der Waals surface area contributed by atoms with Crippen LogP contribution in [0.4, 0.5) is 4.79 Å². The Hall–Kier alpha value is -3.88. The van der Waals surface area contributed by atoms with Gasteiger partial charge in [0.1, 0.15) is 12.6 Å². The first-order valence-corrected chi connectivity index (χ1v) is 11.5. The van der Waals surface area contributed by atoms with Crippen molar-refractivity contribution in [3.8, 4) is 11.1 Å². The molecule has 2 aromatic rings. The number of ether oxygens (including phenoxy) is 2. The van der Waals surface area contributed by atoms with E-state index in [9.17, 15) is 24.3 Å². The molecule has 1 unspecified atom stereocenters. The number of carboxylic acids is 1. The molecule has 9 nitrogen and oxygen atoms in total. The van der Waals surface area contributed by atoms with Crippen LogP contribution in [0.5, 0.6) is 0 Å². The van der Waals surface area contributed by atoms with Crippen molar-refractivity contribution < 1.29 is 33.8 Å². The molecule has 3 rings (SSSR count). The lowest BCUT2D eigenvalue weighted by atomic mass is 9.98. The van der Waals surface area contributed by atoms with Crippen LogP contribution in [-0.4, -0.2) is 54.8 Å². The van der Waals surface area contributed by atoms with E-state index in [1.54, 1.807) is 0 Å². The minimum atomic E-state index is -1.37. The maximum atomic E-state index is 12.5. The summed E-state index contributed by atoms with van der Waals surface area (Å²) < 4.78 is 10.0. The number of hydrogen-bond acceptors (Lipinski definition) is 6. The summed E-state index contributed by atoms with van der Waals surface area (Å²) in [6.45, 7) is 2.05. The van der Waals surface area contributed by atoms with E-state index in [2.05, 4.69) is 27.5 Å². The minimum absolute atomic E-state index is 0.0207. The van der Waals surface area contributed by atoms with Crippen molar-refractivity contribution in [2.45, 2.75) is 50.6 Å². The van der Waals surface area contributed by atoms with Gasteiger partial charge in [-0.15, -0.1) is 0 Å². The largest absolute Gasteiger partial charge is 0.480 e. The predicted molar refractivity (Wildman–Crippen MR) is 128 cm³/mol. The second-order valence-corrected chi connectivity index (χ2v) is 8.35. The number of alkyl carbamates (subject to hydrolysis) is 1. The van der Waals surface area contributed by atoms with E-state index < -0.39 is 36.4 Å². The number of methoxy groups -OCH3 is 1. The van der Waals surface area contributed by atoms with E-state index in [4.69, 9.17) is 4.74 Å². The number of aliphatic carboxylic acids is 1. The van der Waals surface area contributed by atoms with Crippen LogP contribution in [0.3, 0.4) is 0 Å². The maximum absolute atomic E-state index is 12.5. The van der Waals surface area contributed by atoms with Crippen molar-refractivity contribution in [2.75, 3.05) is 13.7 Å².